The van der Waals surface area contributed by atoms with E-state index in [9.17, 15) is 0 Å². The van der Waals surface area contributed by atoms with Crippen molar-refractivity contribution in [2.75, 3.05) is 0 Å². The Morgan fingerprint density at radius 3 is 2.83 bits per heavy atom. The minimum atomic E-state index is 0.438. The zero-order valence-electron chi connectivity index (χ0n) is 7.83. The van der Waals surface area contributed by atoms with Crippen LogP contribution in [0.25, 0.3) is 0 Å². The summed E-state index contributed by atoms with van der Waals surface area (Å²) in [7, 11) is 0. The molecule has 1 fully saturated rings. The van der Waals surface area contributed by atoms with E-state index in [1.54, 1.807) is 0 Å². The molecule has 66 valence electrons. The molecule has 12 heavy (non-hydrogen) atoms. The first-order valence-electron chi connectivity index (χ1n) is 4.47. The summed E-state index contributed by atoms with van der Waals surface area (Å²) in [5.41, 5.74) is 2.47. The Kier molecular flexibility index (Phi) is 1.39. The minimum Gasteiger partial charge on any atom is -0.411 e. The van der Waals surface area contributed by atoms with E-state index < -0.39 is 0 Å². The van der Waals surface area contributed by atoms with Gasteiger partial charge in [0, 0.05) is 0 Å². The zero-order valence-corrected chi connectivity index (χ0v) is 7.83. The Bertz CT molecular complexity index is 276. The van der Waals surface area contributed by atoms with Crippen LogP contribution in [0.5, 0.6) is 0 Å². The van der Waals surface area contributed by atoms with Gasteiger partial charge in [-0.05, 0) is 36.2 Å². The van der Waals surface area contributed by atoms with Gasteiger partial charge in [0.15, 0.2) is 0 Å². The van der Waals surface area contributed by atoms with Gasteiger partial charge < -0.3 is 5.21 Å². The molecular weight excluding hydrogens is 150 g/mol. The summed E-state index contributed by atoms with van der Waals surface area (Å²) in [5.74, 6) is 1.44. The number of allylic oxidation sites excluding steroid dienone is 2. The highest BCUT2D eigenvalue weighted by molar-refractivity contribution is 6.00. The highest BCUT2D eigenvalue weighted by Crippen LogP contribution is 2.63. The third-order valence-electron chi connectivity index (χ3n) is 3.56. The van der Waals surface area contributed by atoms with E-state index in [-0.39, 0.29) is 0 Å². The van der Waals surface area contributed by atoms with Crippen molar-refractivity contribution in [2.24, 2.45) is 22.4 Å². The van der Waals surface area contributed by atoms with E-state index in [1.165, 1.54) is 0 Å². The molecule has 2 aliphatic carbocycles. The molecule has 2 aliphatic rings. The molecule has 0 spiro atoms. The average molecular weight is 165 g/mol. The van der Waals surface area contributed by atoms with Gasteiger partial charge >= 0.3 is 0 Å². The third-order valence-corrected chi connectivity index (χ3v) is 3.56. The molecule has 0 bridgehead atoms. The molecule has 0 amide bonds. The molecule has 2 atom stereocenters. The van der Waals surface area contributed by atoms with Crippen LogP contribution in [-0.2, 0) is 0 Å². The smallest absolute Gasteiger partial charge is 0.0824 e. The molecule has 1 saturated carbocycles. The van der Waals surface area contributed by atoms with E-state index in [1.807, 2.05) is 6.92 Å². The fourth-order valence-electron chi connectivity index (χ4n) is 2.36. The lowest BCUT2D eigenvalue weighted by atomic mass is 9.99. The van der Waals surface area contributed by atoms with E-state index >= 15 is 0 Å². The van der Waals surface area contributed by atoms with Crippen LogP contribution < -0.4 is 0 Å². The predicted molar refractivity (Wildman–Crippen MR) is 48.4 cm³/mol. The highest BCUT2D eigenvalue weighted by Gasteiger charge is 2.57. The summed E-state index contributed by atoms with van der Waals surface area (Å²) in [4.78, 5) is 0. The quantitative estimate of drug-likeness (QED) is 0.434. The lowest BCUT2D eigenvalue weighted by Crippen LogP contribution is -2.07. The number of oxime groups is 1. The van der Waals surface area contributed by atoms with Crippen LogP contribution >= 0.6 is 0 Å². The summed E-state index contributed by atoms with van der Waals surface area (Å²) < 4.78 is 0. The first-order valence-corrected chi connectivity index (χ1v) is 4.47. The van der Waals surface area contributed by atoms with Crippen molar-refractivity contribution >= 4 is 5.71 Å². The molecule has 0 radical (unpaired) electrons. The van der Waals surface area contributed by atoms with Crippen LogP contribution in [0.1, 0.15) is 27.2 Å². The SMILES string of the molecule is CC1=CC2C(C/C1=N/O)C2(C)C. The van der Waals surface area contributed by atoms with Gasteiger partial charge in [0.25, 0.3) is 0 Å². The topological polar surface area (TPSA) is 32.6 Å². The molecule has 1 N–H and O–H groups in total. The van der Waals surface area contributed by atoms with Gasteiger partial charge in [0.2, 0.25) is 0 Å². The van der Waals surface area contributed by atoms with Gasteiger partial charge in [-0.3, -0.25) is 0 Å². The number of hydrogen-bond donors (Lipinski definition) is 1. The summed E-state index contributed by atoms with van der Waals surface area (Å²) in [6, 6.07) is 0. The van der Waals surface area contributed by atoms with Crippen LogP contribution in [0.15, 0.2) is 16.8 Å². The second kappa shape index (κ2) is 2.12. The van der Waals surface area contributed by atoms with Crippen molar-refractivity contribution in [3.05, 3.63) is 11.6 Å². The maximum Gasteiger partial charge on any atom is 0.0824 e. The normalized spacial score (nSPS) is 40.6. The molecule has 0 aliphatic heterocycles. The molecule has 0 saturated heterocycles. The molecular formula is C10H15NO. The Morgan fingerprint density at radius 1 is 1.58 bits per heavy atom. The van der Waals surface area contributed by atoms with Gasteiger partial charge in [-0.25, -0.2) is 0 Å². The fourth-order valence-corrected chi connectivity index (χ4v) is 2.36. The molecule has 0 heterocycles. The summed E-state index contributed by atoms with van der Waals surface area (Å²) in [6.45, 7) is 6.60. The lowest BCUT2D eigenvalue weighted by molar-refractivity contribution is 0.317. The zero-order chi connectivity index (χ0) is 8.93. The Labute approximate surface area is 73.0 Å². The van der Waals surface area contributed by atoms with E-state index in [4.69, 9.17) is 5.21 Å². The van der Waals surface area contributed by atoms with Crippen LogP contribution in [0.3, 0.4) is 0 Å². The number of hydrogen-bond acceptors (Lipinski definition) is 2. The number of rotatable bonds is 0. The molecule has 0 aromatic carbocycles. The molecule has 2 unspecified atom stereocenters. The predicted octanol–water partition coefficient (Wildman–Crippen LogP) is 2.44. The van der Waals surface area contributed by atoms with Crippen molar-refractivity contribution in [1.82, 2.24) is 0 Å². The van der Waals surface area contributed by atoms with Crippen molar-refractivity contribution in [3.8, 4) is 0 Å². The first kappa shape index (κ1) is 7.84. The number of nitrogens with zero attached hydrogens (tertiary/aromatic N) is 1. The monoisotopic (exact) mass is 165 g/mol. The van der Waals surface area contributed by atoms with Crippen LogP contribution in [0, 0.1) is 17.3 Å². The molecule has 0 aromatic heterocycles. The fraction of sp³-hybridized carbons (Fsp3) is 0.700. The second-order valence-corrected chi connectivity index (χ2v) is 4.55. The summed E-state index contributed by atoms with van der Waals surface area (Å²) >= 11 is 0. The van der Waals surface area contributed by atoms with Gasteiger partial charge in [0.1, 0.15) is 0 Å². The molecule has 2 nitrogen and oxygen atoms in total. The van der Waals surface area contributed by atoms with Gasteiger partial charge in [-0.2, -0.15) is 0 Å². The van der Waals surface area contributed by atoms with Gasteiger partial charge in [-0.1, -0.05) is 25.1 Å². The average Bonchev–Trinajstić information content (AvgIpc) is 2.52. The molecule has 0 aromatic rings. The largest absolute Gasteiger partial charge is 0.411 e. The lowest BCUT2D eigenvalue weighted by Gasteiger charge is -2.08. The van der Waals surface area contributed by atoms with E-state index in [0.29, 0.717) is 11.3 Å². The van der Waals surface area contributed by atoms with Crippen molar-refractivity contribution in [1.29, 1.82) is 0 Å². The molecule has 2 rings (SSSR count). The molecule has 2 heteroatoms. The van der Waals surface area contributed by atoms with Crippen molar-refractivity contribution < 1.29 is 5.21 Å². The van der Waals surface area contributed by atoms with Crippen molar-refractivity contribution in [2.45, 2.75) is 27.2 Å². The second-order valence-electron chi connectivity index (χ2n) is 4.55. The van der Waals surface area contributed by atoms with Crippen LogP contribution in [0.4, 0.5) is 0 Å². The Balaban J connectivity index is 2.28. The van der Waals surface area contributed by atoms with Gasteiger partial charge in [0.05, 0.1) is 5.71 Å². The summed E-state index contributed by atoms with van der Waals surface area (Å²) in [5, 5.41) is 12.0. The maximum absolute atomic E-state index is 8.72. The summed E-state index contributed by atoms with van der Waals surface area (Å²) in [6.07, 6.45) is 3.21. The Morgan fingerprint density at radius 2 is 2.25 bits per heavy atom. The third kappa shape index (κ3) is 0.838. The maximum atomic E-state index is 8.72. The first-order chi connectivity index (χ1) is 5.57. The Hall–Kier alpha value is -0.790. The van der Waals surface area contributed by atoms with Crippen LogP contribution in [0.2, 0.25) is 0 Å². The standard InChI is InChI=1S/C10H15NO/c1-6-4-7-8(10(7,2)3)5-9(6)11-12/h4,7-8,12H,5H2,1-3H3/b11-9-. The van der Waals surface area contributed by atoms with Crippen LogP contribution in [-0.4, -0.2) is 10.9 Å². The van der Waals surface area contributed by atoms with Gasteiger partial charge in [-0.15, -0.1) is 0 Å². The minimum absolute atomic E-state index is 0.438. The highest BCUT2D eigenvalue weighted by atomic mass is 16.4. The number of fused-ring (bicyclic) bond motifs is 1. The van der Waals surface area contributed by atoms with Crippen molar-refractivity contribution in [3.63, 3.8) is 0 Å². The van der Waals surface area contributed by atoms with E-state index in [2.05, 4.69) is 25.1 Å². The van der Waals surface area contributed by atoms with E-state index in [0.717, 1.165) is 23.6 Å².